The second-order valence-electron chi connectivity index (χ2n) is 12.1. The van der Waals surface area contributed by atoms with Crippen molar-refractivity contribution in [1.29, 1.82) is 0 Å². The number of rotatable bonds is 7. The molecule has 1 aromatic heterocycles. The molecule has 45 heavy (non-hydrogen) atoms. The molecule has 8 nitrogen and oxygen atoms in total. The molecule has 0 bridgehead atoms. The normalized spacial score (nSPS) is 21.8. The maximum absolute atomic E-state index is 16.7. The Kier molecular flexibility index (Phi) is 7.54. The highest BCUT2D eigenvalue weighted by Crippen LogP contribution is 2.52. The molecular formula is C34H33ClF2N4O4. The van der Waals surface area contributed by atoms with Gasteiger partial charge in [0, 0.05) is 73.2 Å². The van der Waals surface area contributed by atoms with E-state index in [9.17, 15) is 4.79 Å². The molecule has 234 valence electrons. The van der Waals surface area contributed by atoms with E-state index in [0.29, 0.717) is 28.9 Å². The third kappa shape index (κ3) is 5.05. The Bertz CT molecular complexity index is 1810. The van der Waals surface area contributed by atoms with E-state index >= 15 is 8.78 Å². The van der Waals surface area contributed by atoms with Gasteiger partial charge >= 0.3 is 0 Å². The number of nitrogens with one attached hydrogen (secondary N) is 1. The molecule has 0 unspecified atom stereocenters. The largest absolute Gasteiger partial charge is 0.483 e. The molecule has 3 aliphatic rings. The fourth-order valence-electron chi connectivity index (χ4n) is 7.03. The number of nitrogens with zero attached hydrogens (tertiary/aromatic N) is 2. The first-order valence-corrected chi connectivity index (χ1v) is 15.4. The van der Waals surface area contributed by atoms with Crippen molar-refractivity contribution in [2.45, 2.75) is 56.5 Å². The lowest BCUT2D eigenvalue weighted by atomic mass is 9.84. The lowest BCUT2D eigenvalue weighted by Crippen LogP contribution is -2.47. The molecule has 0 spiro atoms. The summed E-state index contributed by atoms with van der Waals surface area (Å²) in [4.78, 5) is 12.9. The summed E-state index contributed by atoms with van der Waals surface area (Å²) < 4.78 is 51.9. The van der Waals surface area contributed by atoms with E-state index in [1.807, 2.05) is 30.3 Å². The van der Waals surface area contributed by atoms with Crippen molar-refractivity contribution in [3.05, 3.63) is 87.7 Å². The van der Waals surface area contributed by atoms with Gasteiger partial charge in [-0.05, 0) is 37.3 Å². The van der Waals surface area contributed by atoms with Crippen LogP contribution < -0.4 is 20.5 Å². The van der Waals surface area contributed by atoms with Crippen LogP contribution in [-0.2, 0) is 30.4 Å². The molecule has 1 fully saturated rings. The van der Waals surface area contributed by atoms with Crippen LogP contribution in [0.3, 0.4) is 0 Å². The van der Waals surface area contributed by atoms with Crippen molar-refractivity contribution < 1.29 is 27.8 Å². The van der Waals surface area contributed by atoms with Gasteiger partial charge in [-0.3, -0.25) is 9.48 Å². The summed E-state index contributed by atoms with van der Waals surface area (Å²) in [5, 5.41) is 7.72. The highest BCUT2D eigenvalue weighted by Gasteiger charge is 2.45. The Morgan fingerprint density at radius 3 is 2.62 bits per heavy atom. The summed E-state index contributed by atoms with van der Waals surface area (Å²) in [5.41, 5.74) is 7.48. The Hall–Kier alpha value is -3.99. The minimum Gasteiger partial charge on any atom is -0.483 e. The van der Waals surface area contributed by atoms with E-state index in [4.69, 9.17) is 31.5 Å². The number of aromatic nitrogens is 2. The molecule has 11 heteroatoms. The first-order chi connectivity index (χ1) is 21.7. The van der Waals surface area contributed by atoms with Crippen molar-refractivity contribution in [1.82, 2.24) is 15.1 Å². The predicted molar refractivity (Wildman–Crippen MR) is 165 cm³/mol. The summed E-state index contributed by atoms with van der Waals surface area (Å²) in [6.45, 7) is 0.442. The van der Waals surface area contributed by atoms with Gasteiger partial charge in [0.25, 0.3) is 0 Å². The highest BCUT2D eigenvalue weighted by molar-refractivity contribution is 6.34. The standard InChI is InChI=1S/C34H33ClF2N4O4/c1-41-15-24-21-12-22(33(38)42)29(31(37)32(21)44-16-26(24)40-41)28-23-14-34(18-6-4-3-5-7-18,45-27(23)13-25(36)30(28)35)17-39-19-8-10-20(43-2)11-9-19/h3-7,12-13,15,19-20,39H,8-11,14,16-17H2,1-2H3,(H2,38,42)/t19?,20?,34-/m1/s1. The average Bonchev–Trinajstić information content (AvgIpc) is 3.62. The lowest BCUT2D eigenvalue weighted by Gasteiger charge is -2.34. The molecule has 1 amide bonds. The van der Waals surface area contributed by atoms with Gasteiger partial charge in [-0.2, -0.15) is 5.10 Å². The fourth-order valence-corrected chi connectivity index (χ4v) is 7.30. The van der Waals surface area contributed by atoms with E-state index in [1.165, 1.54) is 12.1 Å². The van der Waals surface area contributed by atoms with Crippen LogP contribution in [0, 0.1) is 11.6 Å². The number of carbonyl (C=O) groups excluding carboxylic acids is 1. The van der Waals surface area contributed by atoms with E-state index in [2.05, 4.69) is 10.4 Å². The van der Waals surface area contributed by atoms with Gasteiger partial charge in [-0.25, -0.2) is 8.78 Å². The van der Waals surface area contributed by atoms with Gasteiger partial charge in [-0.1, -0.05) is 41.9 Å². The van der Waals surface area contributed by atoms with Crippen molar-refractivity contribution in [2.24, 2.45) is 12.8 Å². The van der Waals surface area contributed by atoms with Crippen LogP contribution in [0.4, 0.5) is 8.78 Å². The fraction of sp³-hybridized carbons (Fsp3) is 0.353. The summed E-state index contributed by atoms with van der Waals surface area (Å²) in [6.07, 6.45) is 6.02. The number of halogens is 3. The Morgan fingerprint density at radius 1 is 1.16 bits per heavy atom. The van der Waals surface area contributed by atoms with Crippen LogP contribution in [0.2, 0.25) is 5.02 Å². The van der Waals surface area contributed by atoms with E-state index in [0.717, 1.165) is 31.2 Å². The minimum atomic E-state index is -0.952. The molecule has 1 saturated carbocycles. The number of aryl methyl sites for hydroxylation is 1. The third-order valence-corrected chi connectivity index (χ3v) is 9.69. The van der Waals surface area contributed by atoms with Crippen LogP contribution in [0.15, 0.2) is 48.7 Å². The number of fused-ring (bicyclic) bond motifs is 4. The first kappa shape index (κ1) is 29.7. The van der Waals surface area contributed by atoms with Crippen LogP contribution in [-0.4, -0.2) is 41.5 Å². The Balaban J connectivity index is 1.35. The van der Waals surface area contributed by atoms with Gasteiger partial charge < -0.3 is 25.3 Å². The van der Waals surface area contributed by atoms with Gasteiger partial charge in [0.2, 0.25) is 5.91 Å². The summed E-state index contributed by atoms with van der Waals surface area (Å²) in [6, 6.07) is 12.6. The maximum atomic E-state index is 16.7. The molecule has 0 saturated heterocycles. The number of ether oxygens (including phenoxy) is 3. The van der Waals surface area contributed by atoms with Gasteiger partial charge in [-0.15, -0.1) is 0 Å². The number of methoxy groups -OCH3 is 1. The van der Waals surface area contributed by atoms with Crippen molar-refractivity contribution >= 4 is 17.5 Å². The van der Waals surface area contributed by atoms with Crippen molar-refractivity contribution in [3.63, 3.8) is 0 Å². The molecule has 2 aliphatic heterocycles. The Morgan fingerprint density at radius 2 is 1.91 bits per heavy atom. The zero-order valence-electron chi connectivity index (χ0n) is 25.0. The smallest absolute Gasteiger partial charge is 0.249 e. The number of hydrogen-bond donors (Lipinski definition) is 2. The summed E-state index contributed by atoms with van der Waals surface area (Å²) >= 11 is 6.66. The number of nitrogens with two attached hydrogens (primary N) is 1. The van der Waals surface area contributed by atoms with Crippen molar-refractivity contribution in [3.8, 4) is 33.8 Å². The molecule has 1 aliphatic carbocycles. The topological polar surface area (TPSA) is 101 Å². The third-order valence-electron chi connectivity index (χ3n) is 9.32. The number of benzene rings is 3. The molecule has 7 rings (SSSR count). The second-order valence-corrected chi connectivity index (χ2v) is 12.4. The summed E-state index contributed by atoms with van der Waals surface area (Å²) in [5.74, 6) is -2.40. The average molecular weight is 635 g/mol. The van der Waals surface area contributed by atoms with Crippen LogP contribution in [0.1, 0.15) is 52.9 Å². The molecule has 3 N–H and O–H groups in total. The van der Waals surface area contributed by atoms with Crippen LogP contribution in [0.25, 0.3) is 22.3 Å². The van der Waals surface area contributed by atoms with E-state index in [-0.39, 0.29) is 58.4 Å². The first-order valence-electron chi connectivity index (χ1n) is 15.0. The Labute approximate surface area is 264 Å². The predicted octanol–water partition coefficient (Wildman–Crippen LogP) is 6.05. The molecule has 1 atom stereocenters. The highest BCUT2D eigenvalue weighted by atomic mass is 35.5. The van der Waals surface area contributed by atoms with Crippen LogP contribution in [0.5, 0.6) is 11.5 Å². The monoisotopic (exact) mass is 634 g/mol. The SMILES string of the molecule is COC1CCC(NC[C@@]2(c3ccccc3)Cc3c(cc(F)c(Cl)c3-c3c(C(N)=O)cc4c(c3F)OCc3nn(C)cc3-4)O2)CC1. The maximum Gasteiger partial charge on any atom is 0.249 e. The zero-order valence-corrected chi connectivity index (χ0v) is 25.7. The van der Waals surface area contributed by atoms with Gasteiger partial charge in [0.15, 0.2) is 17.2 Å². The van der Waals surface area contributed by atoms with E-state index in [1.54, 1.807) is 25.0 Å². The van der Waals surface area contributed by atoms with E-state index < -0.39 is 23.1 Å². The molecular weight excluding hydrogens is 602 g/mol. The number of carbonyl (C=O) groups is 1. The zero-order chi connectivity index (χ0) is 31.5. The number of hydrogen-bond acceptors (Lipinski definition) is 6. The van der Waals surface area contributed by atoms with Crippen molar-refractivity contribution in [2.75, 3.05) is 13.7 Å². The number of primary amides is 1. The minimum absolute atomic E-state index is 0.0276. The van der Waals surface area contributed by atoms with Gasteiger partial charge in [0.05, 0.1) is 16.7 Å². The van der Waals surface area contributed by atoms with Gasteiger partial charge in [0.1, 0.15) is 23.9 Å². The molecule has 3 heterocycles. The lowest BCUT2D eigenvalue weighted by molar-refractivity contribution is 0.0530. The summed E-state index contributed by atoms with van der Waals surface area (Å²) in [7, 11) is 3.48. The quantitative estimate of drug-likeness (QED) is 0.257. The second kappa shape index (κ2) is 11.4. The van der Waals surface area contributed by atoms with Crippen LogP contribution >= 0.6 is 11.6 Å². The molecule has 3 aromatic carbocycles. The molecule has 0 radical (unpaired) electrons. The number of amides is 1. The molecule has 4 aromatic rings.